The number of amides is 1. The molecule has 0 fully saturated rings. The Kier molecular flexibility index (Phi) is 4.48. The van der Waals surface area contributed by atoms with Crippen molar-refractivity contribution >= 4 is 23.6 Å². The zero-order valence-corrected chi connectivity index (χ0v) is 11.4. The zero-order valence-electron chi connectivity index (χ0n) is 10.6. The van der Waals surface area contributed by atoms with Crippen LogP contribution in [0.4, 0.5) is 4.39 Å². The van der Waals surface area contributed by atoms with Crippen molar-refractivity contribution in [2.45, 2.75) is 17.5 Å². The smallest absolute Gasteiger partial charge is 0.325 e. The average molecular weight is 311 g/mol. The number of thioether (sulfide) groups is 1. The predicted octanol–water partition coefficient (Wildman–Crippen LogP) is 0.288. The molecule has 0 spiro atoms. The molecule has 0 aliphatic heterocycles. The zero-order chi connectivity index (χ0) is 15.4. The lowest BCUT2D eigenvalue weighted by atomic mass is 10.1. The molecule has 21 heavy (non-hydrogen) atoms. The molecule has 0 saturated carbocycles. The number of benzene rings is 1. The fourth-order valence-corrected chi connectivity index (χ4v) is 2.35. The van der Waals surface area contributed by atoms with E-state index in [1.165, 1.54) is 12.1 Å². The van der Waals surface area contributed by atoms with Gasteiger partial charge in [0.1, 0.15) is 12.4 Å². The fourth-order valence-electron chi connectivity index (χ4n) is 1.49. The molecule has 1 aromatic heterocycles. The number of nitrogens with two attached hydrogens (primary N) is 1. The highest BCUT2D eigenvalue weighted by Gasteiger charge is 2.12. The Labute approximate surface area is 122 Å². The van der Waals surface area contributed by atoms with Gasteiger partial charge in [-0.2, -0.15) is 0 Å². The summed E-state index contributed by atoms with van der Waals surface area (Å²) in [5.41, 5.74) is 5.46. The van der Waals surface area contributed by atoms with Crippen LogP contribution in [-0.2, 0) is 17.1 Å². The quantitative estimate of drug-likeness (QED) is 0.734. The van der Waals surface area contributed by atoms with Gasteiger partial charge in [0, 0.05) is 11.3 Å². The van der Waals surface area contributed by atoms with Gasteiger partial charge in [0.05, 0.1) is 0 Å². The Morgan fingerprint density at radius 1 is 1.43 bits per heavy atom. The number of rotatable bonds is 6. The molecule has 2 aromatic rings. The van der Waals surface area contributed by atoms with Gasteiger partial charge in [0.15, 0.2) is 0 Å². The number of aromatic nitrogens is 4. The number of halogens is 1. The number of tetrazole rings is 1. The van der Waals surface area contributed by atoms with E-state index in [2.05, 4.69) is 15.5 Å². The Bertz CT molecular complexity index is 690. The maximum Gasteiger partial charge on any atom is 0.325 e. The second-order valence-corrected chi connectivity index (χ2v) is 4.91. The SMILES string of the molecule is NC(=O)c1ccc(CSc2nnnn2CC(=O)O)c(F)c1. The van der Waals surface area contributed by atoms with Crippen molar-refractivity contribution in [1.29, 1.82) is 0 Å². The van der Waals surface area contributed by atoms with Crippen molar-refractivity contribution in [3.05, 3.63) is 35.1 Å². The van der Waals surface area contributed by atoms with Crippen molar-refractivity contribution in [3.63, 3.8) is 0 Å². The van der Waals surface area contributed by atoms with Gasteiger partial charge in [-0.1, -0.05) is 17.8 Å². The van der Waals surface area contributed by atoms with Crippen LogP contribution in [-0.4, -0.2) is 37.2 Å². The third-order valence-corrected chi connectivity index (χ3v) is 3.48. The molecule has 1 heterocycles. The summed E-state index contributed by atoms with van der Waals surface area (Å²) in [6.45, 7) is -0.377. The van der Waals surface area contributed by atoms with E-state index in [9.17, 15) is 14.0 Å². The summed E-state index contributed by atoms with van der Waals surface area (Å²) in [6.07, 6.45) is 0. The first kappa shape index (κ1) is 14.9. The number of carbonyl (C=O) groups is 2. The van der Waals surface area contributed by atoms with Gasteiger partial charge in [-0.25, -0.2) is 9.07 Å². The summed E-state index contributed by atoms with van der Waals surface area (Å²) in [6, 6.07) is 3.91. The molecule has 0 radical (unpaired) electrons. The van der Waals surface area contributed by atoms with Crippen LogP contribution in [0, 0.1) is 5.82 Å². The first-order valence-corrected chi connectivity index (χ1v) is 6.65. The van der Waals surface area contributed by atoms with Crippen LogP contribution >= 0.6 is 11.8 Å². The highest BCUT2D eigenvalue weighted by molar-refractivity contribution is 7.98. The van der Waals surface area contributed by atoms with Crippen molar-refractivity contribution in [3.8, 4) is 0 Å². The minimum atomic E-state index is -1.08. The third-order valence-electron chi connectivity index (χ3n) is 2.48. The van der Waals surface area contributed by atoms with Gasteiger partial charge >= 0.3 is 5.97 Å². The maximum atomic E-state index is 13.8. The second kappa shape index (κ2) is 6.31. The van der Waals surface area contributed by atoms with E-state index in [1.54, 1.807) is 0 Å². The predicted molar refractivity (Wildman–Crippen MR) is 69.9 cm³/mol. The number of nitrogens with zero attached hydrogens (tertiary/aromatic N) is 4. The Morgan fingerprint density at radius 2 is 2.19 bits per heavy atom. The molecule has 10 heteroatoms. The van der Waals surface area contributed by atoms with E-state index in [1.807, 2.05) is 0 Å². The molecule has 0 aliphatic rings. The number of primary amides is 1. The largest absolute Gasteiger partial charge is 0.480 e. The van der Waals surface area contributed by atoms with Crippen LogP contribution in [0.5, 0.6) is 0 Å². The van der Waals surface area contributed by atoms with E-state index >= 15 is 0 Å². The highest BCUT2D eigenvalue weighted by Crippen LogP contribution is 2.22. The molecule has 1 aromatic carbocycles. The van der Waals surface area contributed by atoms with Gasteiger partial charge in [-0.15, -0.1) is 5.10 Å². The lowest BCUT2D eigenvalue weighted by molar-refractivity contribution is -0.138. The molecule has 0 unspecified atom stereocenters. The maximum absolute atomic E-state index is 13.8. The van der Waals surface area contributed by atoms with Crippen molar-refractivity contribution in [1.82, 2.24) is 20.2 Å². The van der Waals surface area contributed by atoms with E-state index in [-0.39, 0.29) is 23.0 Å². The summed E-state index contributed by atoms with van der Waals surface area (Å²) in [5, 5.41) is 19.5. The molecular formula is C11H10FN5O3S. The molecule has 8 nitrogen and oxygen atoms in total. The number of carbonyl (C=O) groups excluding carboxylic acids is 1. The molecule has 110 valence electrons. The third kappa shape index (κ3) is 3.75. The summed E-state index contributed by atoms with van der Waals surface area (Å²) in [5.74, 6) is -2.18. The van der Waals surface area contributed by atoms with Crippen LogP contribution in [0.3, 0.4) is 0 Å². The van der Waals surface area contributed by atoms with Crippen molar-refractivity contribution in [2.24, 2.45) is 5.73 Å². The number of hydrogen-bond acceptors (Lipinski definition) is 6. The Hall–Kier alpha value is -2.49. The number of aliphatic carboxylic acids is 1. The number of carboxylic acids is 1. The normalized spacial score (nSPS) is 10.5. The van der Waals surface area contributed by atoms with E-state index in [0.717, 1.165) is 22.5 Å². The first-order valence-electron chi connectivity index (χ1n) is 5.66. The molecule has 3 N–H and O–H groups in total. The Balaban J connectivity index is 2.08. The van der Waals surface area contributed by atoms with E-state index < -0.39 is 17.7 Å². The summed E-state index contributed by atoms with van der Waals surface area (Å²) < 4.78 is 14.9. The van der Waals surface area contributed by atoms with Crippen LogP contribution in [0.25, 0.3) is 0 Å². The first-order chi connectivity index (χ1) is 9.97. The van der Waals surface area contributed by atoms with Crippen LogP contribution < -0.4 is 5.73 Å². The standard InChI is InChI=1S/C11H10FN5O3S/c12-8-3-6(10(13)20)1-2-7(8)5-21-11-14-15-16-17(11)4-9(18)19/h1-3H,4-5H2,(H2,13,20)(H,18,19). The van der Waals surface area contributed by atoms with Gasteiger partial charge < -0.3 is 10.8 Å². The number of hydrogen-bond donors (Lipinski definition) is 2. The summed E-state index contributed by atoms with van der Waals surface area (Å²) in [4.78, 5) is 21.5. The molecular weight excluding hydrogens is 301 g/mol. The molecule has 0 aliphatic carbocycles. The topological polar surface area (TPSA) is 124 Å². The lowest BCUT2D eigenvalue weighted by Crippen LogP contribution is -2.12. The van der Waals surface area contributed by atoms with Crippen LogP contribution in [0.1, 0.15) is 15.9 Å². The van der Waals surface area contributed by atoms with Crippen LogP contribution in [0.15, 0.2) is 23.4 Å². The average Bonchev–Trinajstić information content (AvgIpc) is 2.83. The molecule has 0 saturated heterocycles. The molecule has 0 bridgehead atoms. The van der Waals surface area contributed by atoms with Gasteiger partial charge in [0.2, 0.25) is 11.1 Å². The fraction of sp³-hybridized carbons (Fsp3) is 0.182. The summed E-state index contributed by atoms with van der Waals surface area (Å²) in [7, 11) is 0. The number of carboxylic acid groups (broad SMARTS) is 1. The van der Waals surface area contributed by atoms with Gasteiger partial charge in [-0.3, -0.25) is 9.59 Å². The van der Waals surface area contributed by atoms with Gasteiger partial charge in [0.25, 0.3) is 0 Å². The highest BCUT2D eigenvalue weighted by atomic mass is 32.2. The monoisotopic (exact) mass is 311 g/mol. The second-order valence-electron chi connectivity index (χ2n) is 3.97. The van der Waals surface area contributed by atoms with Crippen molar-refractivity contribution in [2.75, 3.05) is 0 Å². The molecule has 2 rings (SSSR count). The van der Waals surface area contributed by atoms with Gasteiger partial charge in [-0.05, 0) is 28.1 Å². The molecule has 1 amide bonds. The summed E-state index contributed by atoms with van der Waals surface area (Å²) >= 11 is 1.08. The minimum Gasteiger partial charge on any atom is -0.480 e. The van der Waals surface area contributed by atoms with Crippen molar-refractivity contribution < 1.29 is 19.1 Å². The van der Waals surface area contributed by atoms with E-state index in [4.69, 9.17) is 10.8 Å². The van der Waals surface area contributed by atoms with Crippen LogP contribution in [0.2, 0.25) is 0 Å². The minimum absolute atomic E-state index is 0.0805. The molecule has 0 atom stereocenters. The van der Waals surface area contributed by atoms with E-state index in [0.29, 0.717) is 5.56 Å². The Morgan fingerprint density at radius 3 is 2.81 bits per heavy atom. The lowest BCUT2D eigenvalue weighted by Gasteiger charge is -2.04.